The van der Waals surface area contributed by atoms with Crippen molar-refractivity contribution in [3.05, 3.63) is 68.9 Å². The van der Waals surface area contributed by atoms with E-state index in [9.17, 15) is 32.9 Å². The average Bonchev–Trinajstić information content (AvgIpc) is 3.02. The molecule has 0 aliphatic rings. The van der Waals surface area contributed by atoms with Crippen LogP contribution in [-0.2, 0) is 15.7 Å². The van der Waals surface area contributed by atoms with Crippen LogP contribution in [-0.4, -0.2) is 28.4 Å². The first-order valence-corrected chi connectivity index (χ1v) is 8.54. The largest absolute Gasteiger partial charge is 0.451 e. The molecule has 2 N–H and O–H groups in total. The molecule has 0 aliphatic carbocycles. The van der Waals surface area contributed by atoms with Crippen molar-refractivity contribution in [3.63, 3.8) is 0 Å². The summed E-state index contributed by atoms with van der Waals surface area (Å²) in [5.74, 6) is -2.05. The van der Waals surface area contributed by atoms with Crippen LogP contribution < -0.4 is 5.32 Å². The monoisotopic (exact) mass is 441 g/mol. The number of amides is 1. The predicted molar refractivity (Wildman–Crippen MR) is 100 cm³/mol. The summed E-state index contributed by atoms with van der Waals surface area (Å²) in [5, 5.41) is 13.3. The highest BCUT2D eigenvalue weighted by Crippen LogP contribution is 2.37. The number of nitrogens with zero attached hydrogens (tertiary/aromatic N) is 1. The molecule has 2 aromatic carbocycles. The highest BCUT2D eigenvalue weighted by molar-refractivity contribution is 6.38. The molecule has 0 fully saturated rings. The first-order valence-electron chi connectivity index (χ1n) is 8.16. The van der Waals surface area contributed by atoms with Crippen LogP contribution in [0.5, 0.6) is 0 Å². The van der Waals surface area contributed by atoms with E-state index in [0.29, 0.717) is 17.0 Å². The normalized spacial score (nSPS) is 11.3. The first kappa shape index (κ1) is 21.1. The van der Waals surface area contributed by atoms with Crippen molar-refractivity contribution in [1.82, 2.24) is 4.98 Å². The summed E-state index contributed by atoms with van der Waals surface area (Å²) >= 11 is 6.10. The Balaban J connectivity index is 1.72. The number of nitrogens with one attached hydrogen (secondary N) is 2. The van der Waals surface area contributed by atoms with Gasteiger partial charge in [0.25, 0.3) is 11.6 Å². The van der Waals surface area contributed by atoms with E-state index in [2.05, 4.69) is 4.98 Å². The van der Waals surface area contributed by atoms with Gasteiger partial charge < -0.3 is 15.0 Å². The van der Waals surface area contributed by atoms with E-state index in [1.165, 1.54) is 0 Å². The van der Waals surface area contributed by atoms with Crippen LogP contribution in [0.3, 0.4) is 0 Å². The van der Waals surface area contributed by atoms with Gasteiger partial charge in [0.1, 0.15) is 5.69 Å². The number of aromatic amines is 1. The van der Waals surface area contributed by atoms with Gasteiger partial charge >= 0.3 is 12.1 Å². The number of aromatic nitrogens is 1. The Morgan fingerprint density at radius 1 is 1.20 bits per heavy atom. The Hall–Kier alpha value is -3.60. The molecule has 12 heteroatoms. The molecule has 0 aliphatic heterocycles. The zero-order chi connectivity index (χ0) is 22.1. The Bertz CT molecular complexity index is 1160. The number of para-hydroxylation sites is 1. The second-order valence-corrected chi connectivity index (χ2v) is 6.35. The van der Waals surface area contributed by atoms with E-state index in [1.54, 1.807) is 24.3 Å². The molecule has 0 spiro atoms. The second-order valence-electron chi connectivity index (χ2n) is 5.97. The molecule has 1 aromatic heterocycles. The fourth-order valence-electron chi connectivity index (χ4n) is 2.63. The van der Waals surface area contributed by atoms with Crippen LogP contribution >= 0.6 is 11.6 Å². The second kappa shape index (κ2) is 8.03. The van der Waals surface area contributed by atoms with Crippen LogP contribution in [0.25, 0.3) is 10.9 Å². The summed E-state index contributed by atoms with van der Waals surface area (Å²) in [6, 6.07) is 8.58. The third kappa shape index (κ3) is 4.35. The maximum Gasteiger partial charge on any atom is 0.418 e. The molecule has 8 nitrogen and oxygen atoms in total. The van der Waals surface area contributed by atoms with Gasteiger partial charge in [-0.25, -0.2) is 4.79 Å². The molecule has 1 heterocycles. The molecule has 0 saturated heterocycles. The van der Waals surface area contributed by atoms with E-state index in [0.717, 1.165) is 12.1 Å². The van der Waals surface area contributed by atoms with Crippen molar-refractivity contribution in [2.45, 2.75) is 6.18 Å². The SMILES string of the molecule is O=C(COC(=O)c1[nH]c2ccccc2c1Cl)Nc1ccc([N+](=O)[O-])cc1C(F)(F)F. The number of anilines is 1. The highest BCUT2D eigenvalue weighted by atomic mass is 35.5. The van der Waals surface area contributed by atoms with E-state index in [1.807, 2.05) is 5.32 Å². The number of fused-ring (bicyclic) bond motifs is 1. The van der Waals surface area contributed by atoms with Gasteiger partial charge in [0.05, 0.1) is 21.2 Å². The summed E-state index contributed by atoms with van der Waals surface area (Å²) in [7, 11) is 0. The molecule has 1 amide bonds. The number of rotatable bonds is 5. The topological polar surface area (TPSA) is 114 Å². The maximum atomic E-state index is 13.1. The summed E-state index contributed by atoms with van der Waals surface area (Å²) < 4.78 is 44.2. The average molecular weight is 442 g/mol. The summed E-state index contributed by atoms with van der Waals surface area (Å²) in [6.45, 7) is -0.904. The van der Waals surface area contributed by atoms with Gasteiger partial charge in [-0.2, -0.15) is 13.2 Å². The minimum Gasteiger partial charge on any atom is -0.451 e. The van der Waals surface area contributed by atoms with Crippen LogP contribution in [0.15, 0.2) is 42.5 Å². The van der Waals surface area contributed by atoms with Crippen molar-refractivity contribution < 1.29 is 32.4 Å². The molecule has 0 unspecified atom stereocenters. The molecule has 3 rings (SSSR count). The molecular formula is C18H11ClF3N3O5. The Morgan fingerprint density at radius 2 is 1.90 bits per heavy atom. The lowest BCUT2D eigenvalue weighted by Crippen LogP contribution is -2.23. The number of alkyl halides is 3. The summed E-state index contributed by atoms with van der Waals surface area (Å²) in [6.07, 6.45) is -4.96. The molecule has 3 aromatic rings. The van der Waals surface area contributed by atoms with Crippen molar-refractivity contribution in [1.29, 1.82) is 0 Å². The highest BCUT2D eigenvalue weighted by Gasteiger charge is 2.35. The number of esters is 1. The number of non-ortho nitro benzene ring substituents is 1. The molecule has 0 atom stereocenters. The fraction of sp³-hybridized carbons (Fsp3) is 0.111. The predicted octanol–water partition coefficient (Wildman–Crippen LogP) is 4.54. The van der Waals surface area contributed by atoms with Crippen LogP contribution in [0.2, 0.25) is 5.02 Å². The first-order chi connectivity index (χ1) is 14.1. The van der Waals surface area contributed by atoms with E-state index >= 15 is 0 Å². The molecule has 0 saturated carbocycles. The minimum absolute atomic E-state index is 0.0748. The Kier molecular flexibility index (Phi) is 5.65. The zero-order valence-corrected chi connectivity index (χ0v) is 15.5. The van der Waals surface area contributed by atoms with Gasteiger partial charge in [0, 0.05) is 23.0 Å². The lowest BCUT2D eigenvalue weighted by molar-refractivity contribution is -0.385. The third-order valence-corrected chi connectivity index (χ3v) is 4.37. The number of carbonyl (C=O) groups excluding carboxylic acids is 2. The Morgan fingerprint density at radius 3 is 2.53 bits per heavy atom. The number of halogens is 4. The van der Waals surface area contributed by atoms with Crippen molar-refractivity contribution >= 4 is 45.8 Å². The molecule has 30 heavy (non-hydrogen) atoms. The van der Waals surface area contributed by atoms with Gasteiger partial charge in [-0.15, -0.1) is 0 Å². The van der Waals surface area contributed by atoms with E-state index < -0.39 is 46.5 Å². The number of carbonyl (C=O) groups is 2. The zero-order valence-electron chi connectivity index (χ0n) is 14.7. The Labute approximate surface area is 170 Å². The number of nitro benzene ring substituents is 1. The van der Waals surface area contributed by atoms with Gasteiger partial charge in [-0.1, -0.05) is 29.8 Å². The van der Waals surface area contributed by atoms with Crippen molar-refractivity contribution in [3.8, 4) is 0 Å². The van der Waals surface area contributed by atoms with Gasteiger partial charge in [0.2, 0.25) is 0 Å². The number of nitro groups is 1. The number of H-pyrrole nitrogens is 1. The lowest BCUT2D eigenvalue weighted by Gasteiger charge is -2.13. The molecule has 0 radical (unpaired) electrons. The van der Waals surface area contributed by atoms with Crippen molar-refractivity contribution in [2.24, 2.45) is 0 Å². The standard InChI is InChI=1S/C18H11ClF3N3O5/c19-15-10-3-1-2-4-12(10)24-16(15)17(27)30-8-14(26)23-13-6-5-9(25(28)29)7-11(13)18(20,21)22/h1-7,24H,8H2,(H,23,26). The summed E-state index contributed by atoms with van der Waals surface area (Å²) in [4.78, 5) is 36.6. The van der Waals surface area contributed by atoms with Crippen molar-refractivity contribution in [2.75, 3.05) is 11.9 Å². The van der Waals surface area contributed by atoms with Gasteiger partial charge in [-0.05, 0) is 12.1 Å². The van der Waals surface area contributed by atoms with Gasteiger partial charge in [0.15, 0.2) is 6.61 Å². The molecule has 0 bridgehead atoms. The number of hydrogen-bond donors (Lipinski definition) is 2. The van der Waals surface area contributed by atoms with Crippen LogP contribution in [0.1, 0.15) is 16.1 Å². The number of ether oxygens (including phenoxy) is 1. The minimum atomic E-state index is -4.96. The smallest absolute Gasteiger partial charge is 0.418 e. The number of hydrogen-bond acceptors (Lipinski definition) is 5. The molecule has 156 valence electrons. The van der Waals surface area contributed by atoms with Gasteiger partial charge in [-0.3, -0.25) is 14.9 Å². The lowest BCUT2D eigenvalue weighted by atomic mass is 10.1. The fourth-order valence-corrected chi connectivity index (χ4v) is 2.92. The number of benzene rings is 2. The van der Waals surface area contributed by atoms with E-state index in [-0.39, 0.29) is 10.7 Å². The van der Waals surface area contributed by atoms with E-state index in [4.69, 9.17) is 16.3 Å². The maximum absolute atomic E-state index is 13.1. The van der Waals surface area contributed by atoms with Crippen LogP contribution in [0.4, 0.5) is 24.5 Å². The molecular weight excluding hydrogens is 431 g/mol. The summed E-state index contributed by atoms with van der Waals surface area (Å²) in [5.41, 5.74) is -2.47. The van der Waals surface area contributed by atoms with Crippen LogP contribution in [0, 0.1) is 10.1 Å². The third-order valence-electron chi connectivity index (χ3n) is 3.97. The quantitative estimate of drug-likeness (QED) is 0.342.